The largest absolute Gasteiger partial charge is 0.354 e. The van der Waals surface area contributed by atoms with E-state index in [1.54, 1.807) is 0 Å². The number of unbranched alkanes of at least 4 members (excludes halogenated alkanes) is 2. The van der Waals surface area contributed by atoms with Gasteiger partial charge in [0.25, 0.3) is 0 Å². The van der Waals surface area contributed by atoms with Crippen molar-refractivity contribution in [2.45, 2.75) is 44.6 Å². The molecule has 0 aliphatic heterocycles. The minimum atomic E-state index is -0.425. The predicted molar refractivity (Wildman–Crippen MR) is 77.7 cm³/mol. The van der Waals surface area contributed by atoms with Crippen LogP contribution in [0.5, 0.6) is 0 Å². The average molecular weight is 284 g/mol. The first-order valence-electron chi connectivity index (χ1n) is 6.57. The number of nitro groups is 1. The minimum absolute atomic E-state index is 0.0106. The van der Waals surface area contributed by atoms with Crippen LogP contribution in [0.2, 0.25) is 0 Å². The number of rotatable bonds is 9. The average Bonchev–Trinajstić information content (AvgIpc) is 2.41. The first kappa shape index (κ1) is 15.7. The summed E-state index contributed by atoms with van der Waals surface area (Å²) in [6, 6.07) is 0. The highest BCUT2D eigenvalue weighted by Gasteiger charge is 2.17. The number of hydrogen-bond acceptors (Lipinski definition) is 6. The summed E-state index contributed by atoms with van der Waals surface area (Å²) in [5, 5.41) is 14.4. The lowest BCUT2D eigenvalue weighted by molar-refractivity contribution is -0.388. The van der Waals surface area contributed by atoms with Crippen LogP contribution < -0.4 is 5.32 Å². The Morgan fingerprint density at radius 2 is 2.16 bits per heavy atom. The molecule has 6 nitrogen and oxygen atoms in total. The molecule has 0 saturated heterocycles. The second-order valence-corrected chi connectivity index (χ2v) is 5.21. The molecule has 1 aromatic heterocycles. The van der Waals surface area contributed by atoms with Crippen LogP contribution in [0.1, 0.15) is 39.5 Å². The summed E-state index contributed by atoms with van der Waals surface area (Å²) in [5.41, 5.74) is -0.0106. The molecule has 0 fully saturated rings. The molecule has 106 valence electrons. The molecular formula is C12H20N4O2S. The molecule has 0 bridgehead atoms. The van der Waals surface area contributed by atoms with Crippen molar-refractivity contribution in [3.8, 4) is 0 Å². The Labute approximate surface area is 117 Å². The highest BCUT2D eigenvalue weighted by Crippen LogP contribution is 2.28. The molecule has 0 aromatic carbocycles. The second kappa shape index (κ2) is 8.68. The summed E-state index contributed by atoms with van der Waals surface area (Å²) in [7, 11) is 0. The van der Waals surface area contributed by atoms with Crippen LogP contribution >= 0.6 is 11.8 Å². The van der Waals surface area contributed by atoms with Gasteiger partial charge in [-0.1, -0.05) is 38.5 Å². The van der Waals surface area contributed by atoms with Crippen molar-refractivity contribution in [3.05, 3.63) is 16.3 Å². The van der Waals surface area contributed by atoms with Gasteiger partial charge in [0.2, 0.25) is 5.95 Å². The fourth-order valence-corrected chi connectivity index (χ4v) is 2.40. The maximum Gasteiger partial charge on any atom is 0.319 e. The van der Waals surface area contributed by atoms with Crippen molar-refractivity contribution in [2.24, 2.45) is 0 Å². The smallest absolute Gasteiger partial charge is 0.319 e. The molecule has 0 aliphatic rings. The highest BCUT2D eigenvalue weighted by atomic mass is 32.2. The standard InChI is InChI=1S/C12H20N4O2S/c1-3-5-6-8-19-11-10(16(17)18)9-14-12(15-11)13-7-4-2/h9H,3-8H2,1-2H3,(H,13,14,15). The Morgan fingerprint density at radius 1 is 1.37 bits per heavy atom. The Balaban J connectivity index is 2.74. The third-order valence-electron chi connectivity index (χ3n) is 2.45. The fraction of sp³-hybridized carbons (Fsp3) is 0.667. The van der Waals surface area contributed by atoms with Crippen molar-refractivity contribution < 1.29 is 4.92 Å². The summed E-state index contributed by atoms with van der Waals surface area (Å²) < 4.78 is 0. The minimum Gasteiger partial charge on any atom is -0.354 e. The lowest BCUT2D eigenvalue weighted by Crippen LogP contribution is -2.06. The third-order valence-corrected chi connectivity index (χ3v) is 3.52. The second-order valence-electron chi connectivity index (χ2n) is 4.12. The molecule has 19 heavy (non-hydrogen) atoms. The number of nitrogens with zero attached hydrogens (tertiary/aromatic N) is 3. The van der Waals surface area contributed by atoms with Gasteiger partial charge in [-0.15, -0.1) is 0 Å². The van der Waals surface area contributed by atoms with Crippen molar-refractivity contribution >= 4 is 23.4 Å². The molecule has 0 aliphatic carbocycles. The van der Waals surface area contributed by atoms with E-state index in [0.29, 0.717) is 11.0 Å². The summed E-state index contributed by atoms with van der Waals surface area (Å²) >= 11 is 1.43. The van der Waals surface area contributed by atoms with Gasteiger partial charge in [-0.3, -0.25) is 10.1 Å². The van der Waals surface area contributed by atoms with Gasteiger partial charge in [0.1, 0.15) is 6.20 Å². The molecule has 1 rings (SSSR count). The summed E-state index contributed by atoms with van der Waals surface area (Å²) in [6.45, 7) is 4.93. The van der Waals surface area contributed by atoms with Gasteiger partial charge in [-0.2, -0.15) is 4.98 Å². The van der Waals surface area contributed by atoms with Gasteiger partial charge in [0.15, 0.2) is 5.03 Å². The summed E-state index contributed by atoms with van der Waals surface area (Å²) in [4.78, 5) is 18.7. The number of hydrogen-bond donors (Lipinski definition) is 1. The Kier molecular flexibility index (Phi) is 7.17. The van der Waals surface area contributed by atoms with E-state index in [1.807, 2.05) is 6.92 Å². The van der Waals surface area contributed by atoms with Crippen molar-refractivity contribution in [1.82, 2.24) is 9.97 Å². The molecule has 1 heterocycles. The van der Waals surface area contributed by atoms with E-state index in [-0.39, 0.29) is 5.69 Å². The molecule has 0 saturated carbocycles. The monoisotopic (exact) mass is 284 g/mol. The maximum atomic E-state index is 10.9. The summed E-state index contributed by atoms with van der Waals surface area (Å²) in [5.74, 6) is 1.31. The lowest BCUT2D eigenvalue weighted by Gasteiger charge is -2.05. The molecule has 0 atom stereocenters. The van der Waals surface area contributed by atoms with E-state index in [0.717, 1.165) is 38.0 Å². The van der Waals surface area contributed by atoms with Gasteiger partial charge in [0.05, 0.1) is 4.92 Å². The van der Waals surface area contributed by atoms with Crippen LogP contribution in [0.25, 0.3) is 0 Å². The zero-order valence-electron chi connectivity index (χ0n) is 11.4. The van der Waals surface area contributed by atoms with Crippen LogP contribution in [0.15, 0.2) is 11.2 Å². The predicted octanol–water partition coefficient (Wildman–Crippen LogP) is 3.49. The first-order chi connectivity index (χ1) is 9.19. The van der Waals surface area contributed by atoms with Crippen LogP contribution in [-0.4, -0.2) is 27.2 Å². The number of nitrogens with one attached hydrogen (secondary N) is 1. The highest BCUT2D eigenvalue weighted by molar-refractivity contribution is 7.99. The first-order valence-corrected chi connectivity index (χ1v) is 7.55. The van der Waals surface area contributed by atoms with Crippen molar-refractivity contribution in [1.29, 1.82) is 0 Å². The van der Waals surface area contributed by atoms with E-state index in [4.69, 9.17) is 0 Å². The van der Waals surface area contributed by atoms with E-state index < -0.39 is 4.92 Å². The van der Waals surface area contributed by atoms with Gasteiger partial charge in [-0.25, -0.2) is 4.98 Å². The number of thioether (sulfide) groups is 1. The van der Waals surface area contributed by atoms with E-state index in [9.17, 15) is 10.1 Å². The molecule has 0 amide bonds. The molecule has 0 unspecified atom stereocenters. The Hall–Kier alpha value is -1.37. The van der Waals surface area contributed by atoms with E-state index in [1.165, 1.54) is 18.0 Å². The van der Waals surface area contributed by atoms with E-state index in [2.05, 4.69) is 22.2 Å². The molecular weight excluding hydrogens is 264 g/mol. The molecule has 7 heteroatoms. The maximum absolute atomic E-state index is 10.9. The SMILES string of the molecule is CCCCCSc1nc(NCCC)ncc1[N+](=O)[O-]. The zero-order chi connectivity index (χ0) is 14.1. The van der Waals surface area contributed by atoms with Crippen molar-refractivity contribution in [2.75, 3.05) is 17.6 Å². The lowest BCUT2D eigenvalue weighted by atomic mass is 10.3. The zero-order valence-corrected chi connectivity index (χ0v) is 12.2. The fourth-order valence-electron chi connectivity index (χ4n) is 1.43. The van der Waals surface area contributed by atoms with Gasteiger partial charge < -0.3 is 5.32 Å². The van der Waals surface area contributed by atoms with Crippen LogP contribution in [0, 0.1) is 10.1 Å². The quantitative estimate of drug-likeness (QED) is 0.246. The summed E-state index contributed by atoms with van der Waals surface area (Å²) in [6.07, 6.45) is 5.55. The molecule has 1 N–H and O–H groups in total. The normalized spacial score (nSPS) is 10.4. The van der Waals surface area contributed by atoms with E-state index >= 15 is 0 Å². The van der Waals surface area contributed by atoms with Crippen LogP contribution in [0.4, 0.5) is 11.6 Å². The topological polar surface area (TPSA) is 81.0 Å². The number of anilines is 1. The molecule has 0 spiro atoms. The molecule has 1 aromatic rings. The molecule has 0 radical (unpaired) electrons. The van der Waals surface area contributed by atoms with Gasteiger partial charge in [-0.05, 0) is 18.6 Å². The van der Waals surface area contributed by atoms with Crippen molar-refractivity contribution in [3.63, 3.8) is 0 Å². The third kappa shape index (κ3) is 5.42. The van der Waals surface area contributed by atoms with Crippen LogP contribution in [-0.2, 0) is 0 Å². The van der Waals surface area contributed by atoms with Crippen LogP contribution in [0.3, 0.4) is 0 Å². The Morgan fingerprint density at radius 3 is 2.79 bits per heavy atom. The number of aromatic nitrogens is 2. The Bertz CT molecular complexity index is 415. The van der Waals surface area contributed by atoms with Gasteiger partial charge in [0, 0.05) is 6.54 Å². The van der Waals surface area contributed by atoms with Gasteiger partial charge >= 0.3 is 5.69 Å².